The van der Waals surface area contributed by atoms with Crippen molar-refractivity contribution in [3.05, 3.63) is 23.7 Å². The minimum Gasteiger partial charge on any atom is -0.312 e. The van der Waals surface area contributed by atoms with E-state index in [9.17, 15) is 4.79 Å². The molecule has 1 aromatic heterocycles. The first-order chi connectivity index (χ1) is 7.34. The number of benzene rings is 1. The van der Waals surface area contributed by atoms with Gasteiger partial charge in [0.1, 0.15) is 0 Å². The van der Waals surface area contributed by atoms with Crippen LogP contribution in [0.2, 0.25) is 0 Å². The second-order valence-electron chi connectivity index (χ2n) is 3.65. The molecule has 0 spiro atoms. The Morgan fingerprint density at radius 3 is 3.13 bits per heavy atom. The predicted molar refractivity (Wildman–Crippen MR) is 61.2 cm³/mol. The Labute approximate surface area is 91.3 Å². The summed E-state index contributed by atoms with van der Waals surface area (Å²) in [4.78, 5) is 17.6. The van der Waals surface area contributed by atoms with Crippen molar-refractivity contribution in [1.82, 2.24) is 4.98 Å². The maximum Gasteiger partial charge on any atom is 0.227 e. The van der Waals surface area contributed by atoms with Crippen LogP contribution in [-0.4, -0.2) is 17.4 Å². The Balaban J connectivity index is 2.06. The Kier molecular flexibility index (Phi) is 1.95. The van der Waals surface area contributed by atoms with Crippen molar-refractivity contribution in [2.24, 2.45) is 0 Å². The standard InChI is InChI=1S/C11H10N2OS/c14-11-2-1-5-13(11)8-3-4-9-10(6-8)15-7-12-9/h3-4,6-7H,1-2,5H2. The van der Waals surface area contributed by atoms with E-state index in [0.717, 1.165) is 28.9 Å². The molecule has 2 heterocycles. The summed E-state index contributed by atoms with van der Waals surface area (Å²) in [5, 5.41) is 0. The van der Waals surface area contributed by atoms with Gasteiger partial charge in [-0.25, -0.2) is 4.98 Å². The third-order valence-electron chi connectivity index (χ3n) is 2.70. The lowest BCUT2D eigenvalue weighted by Crippen LogP contribution is -2.23. The molecule has 0 radical (unpaired) electrons. The summed E-state index contributed by atoms with van der Waals surface area (Å²) < 4.78 is 1.15. The first-order valence-corrected chi connectivity index (χ1v) is 5.86. The van der Waals surface area contributed by atoms with E-state index in [1.165, 1.54) is 0 Å². The molecule has 0 saturated carbocycles. The quantitative estimate of drug-likeness (QED) is 0.736. The van der Waals surface area contributed by atoms with E-state index < -0.39 is 0 Å². The third kappa shape index (κ3) is 1.41. The van der Waals surface area contributed by atoms with Gasteiger partial charge in [0.25, 0.3) is 0 Å². The molecule has 0 aliphatic carbocycles. The van der Waals surface area contributed by atoms with Crippen LogP contribution in [0, 0.1) is 0 Å². The highest BCUT2D eigenvalue weighted by atomic mass is 32.1. The summed E-state index contributed by atoms with van der Waals surface area (Å²) in [6.07, 6.45) is 1.65. The van der Waals surface area contributed by atoms with E-state index in [-0.39, 0.29) is 5.91 Å². The maximum atomic E-state index is 11.6. The van der Waals surface area contributed by atoms with Gasteiger partial charge in [0.2, 0.25) is 5.91 Å². The van der Waals surface area contributed by atoms with E-state index >= 15 is 0 Å². The van der Waals surface area contributed by atoms with Gasteiger partial charge < -0.3 is 4.90 Å². The van der Waals surface area contributed by atoms with Crippen LogP contribution in [0.5, 0.6) is 0 Å². The van der Waals surface area contributed by atoms with Crippen molar-refractivity contribution in [3.63, 3.8) is 0 Å². The number of nitrogens with zero attached hydrogens (tertiary/aromatic N) is 2. The molecule has 1 aromatic carbocycles. The molecule has 76 valence electrons. The minimum absolute atomic E-state index is 0.235. The van der Waals surface area contributed by atoms with Gasteiger partial charge in [0.05, 0.1) is 15.7 Å². The fourth-order valence-corrected chi connectivity index (χ4v) is 2.64. The molecule has 1 aliphatic rings. The van der Waals surface area contributed by atoms with E-state index in [0.29, 0.717) is 6.42 Å². The lowest BCUT2D eigenvalue weighted by molar-refractivity contribution is -0.117. The van der Waals surface area contributed by atoms with Crippen molar-refractivity contribution >= 4 is 33.1 Å². The van der Waals surface area contributed by atoms with E-state index in [1.54, 1.807) is 11.3 Å². The minimum atomic E-state index is 0.235. The number of aromatic nitrogens is 1. The summed E-state index contributed by atoms with van der Waals surface area (Å²) in [6.45, 7) is 0.850. The average molecular weight is 218 g/mol. The molecule has 1 aliphatic heterocycles. The number of fused-ring (bicyclic) bond motifs is 1. The molecule has 1 fully saturated rings. The van der Waals surface area contributed by atoms with Crippen molar-refractivity contribution in [2.75, 3.05) is 11.4 Å². The SMILES string of the molecule is O=C1CCCN1c1ccc2ncsc2c1. The first-order valence-electron chi connectivity index (χ1n) is 4.98. The Bertz CT molecular complexity index is 520. The van der Waals surface area contributed by atoms with E-state index in [2.05, 4.69) is 11.1 Å². The highest BCUT2D eigenvalue weighted by molar-refractivity contribution is 7.16. The highest BCUT2D eigenvalue weighted by Gasteiger charge is 2.21. The molecule has 2 aromatic rings. The van der Waals surface area contributed by atoms with Gasteiger partial charge in [-0.05, 0) is 24.6 Å². The number of thiazole rings is 1. The number of hydrogen-bond donors (Lipinski definition) is 0. The Hall–Kier alpha value is -1.42. The molecule has 15 heavy (non-hydrogen) atoms. The van der Waals surface area contributed by atoms with Crippen molar-refractivity contribution in [1.29, 1.82) is 0 Å². The molecule has 3 nitrogen and oxygen atoms in total. The summed E-state index contributed by atoms with van der Waals surface area (Å²) in [6, 6.07) is 6.01. The van der Waals surface area contributed by atoms with Crippen LogP contribution in [-0.2, 0) is 4.79 Å². The topological polar surface area (TPSA) is 33.2 Å². The third-order valence-corrected chi connectivity index (χ3v) is 3.49. The number of hydrogen-bond acceptors (Lipinski definition) is 3. The molecule has 0 unspecified atom stereocenters. The molecular weight excluding hydrogens is 208 g/mol. The van der Waals surface area contributed by atoms with Gasteiger partial charge in [0.15, 0.2) is 0 Å². The highest BCUT2D eigenvalue weighted by Crippen LogP contribution is 2.27. The van der Waals surface area contributed by atoms with Crippen molar-refractivity contribution in [2.45, 2.75) is 12.8 Å². The molecule has 0 atom stereocenters. The van der Waals surface area contributed by atoms with Crippen LogP contribution in [0.25, 0.3) is 10.2 Å². The van der Waals surface area contributed by atoms with Crippen LogP contribution in [0.1, 0.15) is 12.8 Å². The zero-order valence-corrected chi connectivity index (χ0v) is 8.96. The lowest BCUT2D eigenvalue weighted by atomic mass is 10.3. The number of anilines is 1. The summed E-state index contributed by atoms with van der Waals surface area (Å²) in [5.41, 5.74) is 3.85. The molecular formula is C11H10N2OS. The second-order valence-corrected chi connectivity index (χ2v) is 4.54. The molecule has 0 bridgehead atoms. The van der Waals surface area contributed by atoms with Gasteiger partial charge in [-0.15, -0.1) is 11.3 Å². The van der Waals surface area contributed by atoms with E-state index in [4.69, 9.17) is 0 Å². The first kappa shape index (κ1) is 8.85. The Morgan fingerprint density at radius 1 is 1.40 bits per heavy atom. The van der Waals surface area contributed by atoms with Crippen LogP contribution in [0.15, 0.2) is 23.7 Å². The molecule has 1 saturated heterocycles. The normalized spacial score (nSPS) is 16.5. The van der Waals surface area contributed by atoms with E-state index in [1.807, 2.05) is 22.5 Å². The lowest BCUT2D eigenvalue weighted by Gasteiger charge is -2.15. The number of carbonyl (C=O) groups excluding carboxylic acids is 1. The summed E-state index contributed by atoms with van der Waals surface area (Å²) in [7, 11) is 0. The van der Waals surface area contributed by atoms with Crippen LogP contribution in [0.4, 0.5) is 5.69 Å². The Morgan fingerprint density at radius 2 is 2.33 bits per heavy atom. The number of rotatable bonds is 1. The van der Waals surface area contributed by atoms with Crippen LogP contribution < -0.4 is 4.90 Å². The monoisotopic (exact) mass is 218 g/mol. The summed E-state index contributed by atoms with van der Waals surface area (Å²) >= 11 is 1.61. The molecule has 4 heteroatoms. The second kappa shape index (κ2) is 3.31. The zero-order chi connectivity index (χ0) is 10.3. The van der Waals surface area contributed by atoms with Crippen molar-refractivity contribution < 1.29 is 4.79 Å². The van der Waals surface area contributed by atoms with Crippen molar-refractivity contribution in [3.8, 4) is 0 Å². The summed E-state index contributed by atoms with van der Waals surface area (Å²) in [5.74, 6) is 0.235. The maximum absolute atomic E-state index is 11.6. The van der Waals surface area contributed by atoms with Crippen LogP contribution >= 0.6 is 11.3 Å². The van der Waals surface area contributed by atoms with Gasteiger partial charge in [-0.1, -0.05) is 0 Å². The smallest absolute Gasteiger partial charge is 0.227 e. The molecule has 1 amide bonds. The van der Waals surface area contributed by atoms with Gasteiger partial charge in [-0.3, -0.25) is 4.79 Å². The van der Waals surface area contributed by atoms with Gasteiger partial charge in [0, 0.05) is 18.7 Å². The number of amides is 1. The van der Waals surface area contributed by atoms with Gasteiger partial charge >= 0.3 is 0 Å². The predicted octanol–water partition coefficient (Wildman–Crippen LogP) is 2.42. The zero-order valence-electron chi connectivity index (χ0n) is 8.14. The average Bonchev–Trinajstić information content (AvgIpc) is 2.84. The largest absolute Gasteiger partial charge is 0.312 e. The number of carbonyl (C=O) groups is 1. The molecule has 0 N–H and O–H groups in total. The fraction of sp³-hybridized carbons (Fsp3) is 0.273. The van der Waals surface area contributed by atoms with Crippen LogP contribution in [0.3, 0.4) is 0 Å². The molecule has 3 rings (SSSR count). The fourth-order valence-electron chi connectivity index (χ4n) is 1.93. The van der Waals surface area contributed by atoms with Gasteiger partial charge in [-0.2, -0.15) is 0 Å².